The maximum Gasteiger partial charge on any atom is 0.405 e. The smallest absolute Gasteiger partial charge is 0.405 e. The number of nitrogens with zero attached hydrogens (tertiary/aromatic N) is 3. The molecule has 2 heterocycles. The van der Waals surface area contributed by atoms with Crippen LogP contribution in [0.25, 0.3) is 10.9 Å². The second-order valence-corrected chi connectivity index (χ2v) is 8.35. The standard InChI is InChI=1S/C23H25ClN4O3/c1-15(25-23(30)31)21-26-19-9-5-8-18(24)20(19)22(29)28(21)17-10-12-27(13-11-17)14-16-6-3-2-4-7-16/h2-9,15,17,25H,10-14H2,1H3,(H,30,31). The number of hydrogen-bond acceptors (Lipinski definition) is 4. The van der Waals surface area contributed by atoms with Crippen LogP contribution in [0.3, 0.4) is 0 Å². The van der Waals surface area contributed by atoms with Gasteiger partial charge < -0.3 is 10.4 Å². The van der Waals surface area contributed by atoms with Gasteiger partial charge in [-0.05, 0) is 37.5 Å². The average molecular weight is 441 g/mol. The van der Waals surface area contributed by atoms with E-state index in [0.717, 1.165) is 32.5 Å². The lowest BCUT2D eigenvalue weighted by Crippen LogP contribution is -2.40. The van der Waals surface area contributed by atoms with E-state index in [1.807, 2.05) is 18.2 Å². The Kier molecular flexibility index (Phi) is 6.25. The second kappa shape index (κ2) is 9.08. The van der Waals surface area contributed by atoms with Crippen LogP contribution in [0.1, 0.15) is 43.2 Å². The first-order valence-electron chi connectivity index (χ1n) is 10.4. The van der Waals surface area contributed by atoms with Gasteiger partial charge in [0.2, 0.25) is 0 Å². The molecule has 162 valence electrons. The molecule has 3 aromatic rings. The SMILES string of the molecule is CC(NC(=O)O)c1nc2cccc(Cl)c2c(=O)n1C1CCN(Cc2ccccc2)CC1. The molecular weight excluding hydrogens is 416 g/mol. The van der Waals surface area contributed by atoms with Crippen molar-refractivity contribution in [3.63, 3.8) is 0 Å². The lowest BCUT2D eigenvalue weighted by atomic mass is 10.0. The maximum atomic E-state index is 13.5. The van der Waals surface area contributed by atoms with Gasteiger partial charge in [0.25, 0.3) is 5.56 Å². The predicted octanol–water partition coefficient (Wildman–Crippen LogP) is 4.22. The lowest BCUT2D eigenvalue weighted by molar-refractivity contribution is 0.172. The fraction of sp³-hybridized carbons (Fsp3) is 0.348. The summed E-state index contributed by atoms with van der Waals surface area (Å²) < 4.78 is 1.66. The maximum absolute atomic E-state index is 13.5. The Balaban J connectivity index is 1.66. The highest BCUT2D eigenvalue weighted by Crippen LogP contribution is 2.28. The van der Waals surface area contributed by atoms with Crippen molar-refractivity contribution in [2.75, 3.05) is 13.1 Å². The number of fused-ring (bicyclic) bond motifs is 1. The van der Waals surface area contributed by atoms with Crippen LogP contribution in [0.2, 0.25) is 5.02 Å². The van der Waals surface area contributed by atoms with Crippen LogP contribution in [0.5, 0.6) is 0 Å². The molecule has 0 bridgehead atoms. The zero-order valence-electron chi connectivity index (χ0n) is 17.3. The number of aromatic nitrogens is 2. The van der Waals surface area contributed by atoms with E-state index in [-0.39, 0.29) is 11.6 Å². The minimum Gasteiger partial charge on any atom is -0.465 e. The van der Waals surface area contributed by atoms with Crippen molar-refractivity contribution in [1.82, 2.24) is 19.8 Å². The molecule has 0 radical (unpaired) electrons. The zero-order chi connectivity index (χ0) is 22.0. The Hall–Kier alpha value is -2.90. The number of carboxylic acid groups (broad SMARTS) is 1. The zero-order valence-corrected chi connectivity index (χ0v) is 18.0. The van der Waals surface area contributed by atoms with Gasteiger partial charge in [0.15, 0.2) is 0 Å². The molecule has 0 saturated carbocycles. The van der Waals surface area contributed by atoms with Gasteiger partial charge in [0, 0.05) is 25.7 Å². The molecule has 0 aliphatic carbocycles. The van der Waals surface area contributed by atoms with Gasteiger partial charge in [-0.3, -0.25) is 14.3 Å². The topological polar surface area (TPSA) is 87.5 Å². The molecule has 1 saturated heterocycles. The largest absolute Gasteiger partial charge is 0.465 e. The van der Waals surface area contributed by atoms with E-state index in [2.05, 4.69) is 27.3 Å². The molecular formula is C23H25ClN4O3. The van der Waals surface area contributed by atoms with E-state index in [1.54, 1.807) is 29.7 Å². The van der Waals surface area contributed by atoms with Gasteiger partial charge in [0.05, 0.1) is 22.0 Å². The van der Waals surface area contributed by atoms with Crippen molar-refractivity contribution in [2.24, 2.45) is 0 Å². The van der Waals surface area contributed by atoms with E-state index >= 15 is 0 Å². The third kappa shape index (κ3) is 4.57. The van der Waals surface area contributed by atoms with E-state index in [4.69, 9.17) is 11.6 Å². The Bertz CT molecular complexity index is 1140. The molecule has 1 amide bonds. The number of hydrogen-bond donors (Lipinski definition) is 2. The van der Waals surface area contributed by atoms with Gasteiger partial charge >= 0.3 is 6.09 Å². The minimum atomic E-state index is -1.16. The molecule has 1 aromatic heterocycles. The van der Waals surface area contributed by atoms with Gasteiger partial charge in [-0.2, -0.15) is 0 Å². The summed E-state index contributed by atoms with van der Waals surface area (Å²) >= 11 is 6.33. The van der Waals surface area contributed by atoms with Crippen LogP contribution in [0.15, 0.2) is 53.3 Å². The first-order valence-corrected chi connectivity index (χ1v) is 10.8. The van der Waals surface area contributed by atoms with Crippen LogP contribution in [-0.2, 0) is 6.54 Å². The van der Waals surface area contributed by atoms with Crippen molar-refractivity contribution in [1.29, 1.82) is 0 Å². The first-order chi connectivity index (χ1) is 14.9. The van der Waals surface area contributed by atoms with Crippen molar-refractivity contribution in [3.8, 4) is 0 Å². The normalized spacial score (nSPS) is 16.3. The van der Waals surface area contributed by atoms with Gasteiger partial charge in [-0.15, -0.1) is 0 Å². The summed E-state index contributed by atoms with van der Waals surface area (Å²) in [5, 5.41) is 12.4. The summed E-state index contributed by atoms with van der Waals surface area (Å²) in [5.41, 5.74) is 1.52. The molecule has 1 aliphatic heterocycles. The van der Waals surface area contributed by atoms with Crippen LogP contribution in [0, 0.1) is 0 Å². The summed E-state index contributed by atoms with van der Waals surface area (Å²) in [6, 6.07) is 14.8. The van der Waals surface area contributed by atoms with Crippen molar-refractivity contribution >= 4 is 28.6 Å². The van der Waals surface area contributed by atoms with Crippen LogP contribution in [-0.4, -0.2) is 38.7 Å². The van der Waals surface area contributed by atoms with Crippen LogP contribution in [0.4, 0.5) is 4.79 Å². The number of amides is 1. The van der Waals surface area contributed by atoms with E-state index in [9.17, 15) is 14.7 Å². The second-order valence-electron chi connectivity index (χ2n) is 7.94. The number of benzene rings is 2. The van der Waals surface area contributed by atoms with Gasteiger partial charge in [-0.1, -0.05) is 48.0 Å². The van der Waals surface area contributed by atoms with E-state index < -0.39 is 12.1 Å². The van der Waals surface area contributed by atoms with Crippen molar-refractivity contribution in [3.05, 3.63) is 75.3 Å². The van der Waals surface area contributed by atoms with Gasteiger partial charge in [-0.25, -0.2) is 9.78 Å². The minimum absolute atomic E-state index is 0.0688. The molecule has 4 rings (SSSR count). The molecule has 2 N–H and O–H groups in total. The molecule has 1 unspecified atom stereocenters. The molecule has 7 nitrogen and oxygen atoms in total. The van der Waals surface area contributed by atoms with Crippen molar-refractivity contribution < 1.29 is 9.90 Å². The van der Waals surface area contributed by atoms with Crippen molar-refractivity contribution in [2.45, 2.75) is 38.4 Å². The number of piperidine rings is 1. The number of likely N-dealkylation sites (tertiary alicyclic amines) is 1. The van der Waals surface area contributed by atoms with Crippen LogP contribution >= 0.6 is 11.6 Å². The summed E-state index contributed by atoms with van der Waals surface area (Å²) in [7, 11) is 0. The number of halogens is 1. The average Bonchev–Trinajstić information content (AvgIpc) is 2.74. The Labute approximate surface area is 185 Å². The fourth-order valence-corrected chi connectivity index (χ4v) is 4.56. The monoisotopic (exact) mass is 440 g/mol. The highest BCUT2D eigenvalue weighted by atomic mass is 35.5. The molecule has 31 heavy (non-hydrogen) atoms. The molecule has 1 aliphatic rings. The fourth-order valence-electron chi connectivity index (χ4n) is 4.30. The summed E-state index contributed by atoms with van der Waals surface area (Å²) in [4.78, 5) is 31.7. The highest BCUT2D eigenvalue weighted by Gasteiger charge is 2.27. The summed E-state index contributed by atoms with van der Waals surface area (Å²) in [6.07, 6.45) is 0.395. The molecule has 2 aromatic carbocycles. The van der Waals surface area contributed by atoms with E-state index in [0.29, 0.717) is 21.7 Å². The Morgan fingerprint density at radius 1 is 1.19 bits per heavy atom. The lowest BCUT2D eigenvalue weighted by Gasteiger charge is -2.34. The summed E-state index contributed by atoms with van der Waals surface area (Å²) in [6.45, 7) is 4.25. The molecule has 1 atom stereocenters. The number of rotatable bonds is 5. The van der Waals surface area contributed by atoms with Gasteiger partial charge in [0.1, 0.15) is 5.82 Å². The first kappa shape index (κ1) is 21.3. The van der Waals surface area contributed by atoms with E-state index in [1.165, 1.54) is 5.56 Å². The van der Waals surface area contributed by atoms with Crippen LogP contribution < -0.4 is 10.9 Å². The number of nitrogens with one attached hydrogen (secondary N) is 1. The third-order valence-electron chi connectivity index (χ3n) is 5.80. The number of carbonyl (C=O) groups is 1. The molecule has 8 heteroatoms. The highest BCUT2D eigenvalue weighted by molar-refractivity contribution is 6.35. The third-order valence-corrected chi connectivity index (χ3v) is 6.12. The predicted molar refractivity (Wildman–Crippen MR) is 121 cm³/mol. The Morgan fingerprint density at radius 3 is 2.58 bits per heavy atom. The molecule has 1 fully saturated rings. The summed E-state index contributed by atoms with van der Waals surface area (Å²) in [5.74, 6) is 0.420. The quantitative estimate of drug-likeness (QED) is 0.620. The molecule has 0 spiro atoms. The Morgan fingerprint density at radius 2 is 1.90 bits per heavy atom.